The van der Waals surface area contributed by atoms with Gasteiger partial charge in [0.2, 0.25) is 0 Å². The lowest BCUT2D eigenvalue weighted by Gasteiger charge is -2.13. The van der Waals surface area contributed by atoms with Gasteiger partial charge in [-0.15, -0.1) is 0 Å². The Morgan fingerprint density at radius 3 is 2.30 bits per heavy atom. The average Bonchev–Trinajstić information content (AvgIpc) is 2.42. The van der Waals surface area contributed by atoms with Crippen LogP contribution in [-0.2, 0) is 0 Å². The highest BCUT2D eigenvalue weighted by Crippen LogP contribution is 2.19. The lowest BCUT2D eigenvalue weighted by Crippen LogP contribution is -2.12. The molecule has 0 radical (unpaired) electrons. The summed E-state index contributed by atoms with van der Waals surface area (Å²) in [6.07, 6.45) is 0. The average molecular weight is 333 g/mol. The second-order valence-electron chi connectivity index (χ2n) is 4.86. The van der Waals surface area contributed by atoms with E-state index >= 15 is 0 Å². The van der Waals surface area contributed by atoms with Crippen LogP contribution >= 0.6 is 15.9 Å². The van der Waals surface area contributed by atoms with Gasteiger partial charge >= 0.3 is 0 Å². The van der Waals surface area contributed by atoms with E-state index in [1.54, 1.807) is 6.07 Å². The zero-order chi connectivity index (χ0) is 14.7. The van der Waals surface area contributed by atoms with Crippen LogP contribution in [0.25, 0.3) is 0 Å². The number of aryl methyl sites for hydroxylation is 1. The van der Waals surface area contributed by atoms with Crippen LogP contribution in [0, 0.1) is 6.92 Å². The van der Waals surface area contributed by atoms with E-state index in [9.17, 15) is 4.79 Å². The third-order valence-corrected chi connectivity index (χ3v) is 3.95. The smallest absolute Gasteiger partial charge is 0.255 e. The van der Waals surface area contributed by atoms with Crippen molar-refractivity contribution in [1.29, 1.82) is 0 Å². The number of anilines is 2. The summed E-state index contributed by atoms with van der Waals surface area (Å²) >= 11 is 3.43. The Labute approximate surface area is 127 Å². The van der Waals surface area contributed by atoms with Crippen molar-refractivity contribution in [2.75, 3.05) is 24.3 Å². The molecule has 0 heterocycles. The number of hydrogen-bond donors (Lipinski definition) is 1. The van der Waals surface area contributed by atoms with Crippen molar-refractivity contribution in [2.45, 2.75) is 6.92 Å². The Morgan fingerprint density at radius 2 is 1.75 bits per heavy atom. The van der Waals surface area contributed by atoms with E-state index in [0.29, 0.717) is 5.56 Å². The fourth-order valence-electron chi connectivity index (χ4n) is 1.83. The largest absolute Gasteiger partial charge is 0.378 e. The normalized spacial score (nSPS) is 10.2. The number of nitrogens with one attached hydrogen (secondary N) is 1. The number of carbonyl (C=O) groups excluding carboxylic acids is 1. The van der Waals surface area contributed by atoms with Crippen LogP contribution < -0.4 is 10.2 Å². The molecule has 2 aromatic rings. The molecule has 0 fully saturated rings. The van der Waals surface area contributed by atoms with E-state index in [2.05, 4.69) is 21.2 Å². The van der Waals surface area contributed by atoms with Crippen LogP contribution in [0.4, 0.5) is 11.4 Å². The summed E-state index contributed by atoms with van der Waals surface area (Å²) in [6, 6.07) is 13.3. The molecule has 20 heavy (non-hydrogen) atoms. The SMILES string of the molecule is Cc1cc(C(=O)Nc2ccc(N(C)C)cc2)ccc1Br. The van der Waals surface area contributed by atoms with Gasteiger partial charge in [0, 0.05) is 35.5 Å². The minimum absolute atomic E-state index is 0.0989. The molecular weight excluding hydrogens is 316 g/mol. The Hall–Kier alpha value is -1.81. The maximum Gasteiger partial charge on any atom is 0.255 e. The molecule has 4 heteroatoms. The maximum atomic E-state index is 12.2. The standard InChI is InChI=1S/C16H17BrN2O/c1-11-10-12(4-9-15(11)17)16(20)18-13-5-7-14(8-6-13)19(2)3/h4-10H,1-3H3,(H,18,20). The Morgan fingerprint density at radius 1 is 1.10 bits per heavy atom. The van der Waals surface area contributed by atoms with Crippen LogP contribution in [-0.4, -0.2) is 20.0 Å². The lowest BCUT2D eigenvalue weighted by molar-refractivity contribution is 0.102. The second kappa shape index (κ2) is 6.09. The number of rotatable bonds is 3. The highest BCUT2D eigenvalue weighted by molar-refractivity contribution is 9.10. The predicted molar refractivity (Wildman–Crippen MR) is 87.6 cm³/mol. The first kappa shape index (κ1) is 14.6. The fraction of sp³-hybridized carbons (Fsp3) is 0.188. The third-order valence-electron chi connectivity index (χ3n) is 3.06. The van der Waals surface area contributed by atoms with Gasteiger partial charge in [0.05, 0.1) is 0 Å². The van der Waals surface area contributed by atoms with Crippen molar-refractivity contribution >= 4 is 33.2 Å². The Bertz CT molecular complexity index is 621. The monoisotopic (exact) mass is 332 g/mol. The molecule has 0 unspecified atom stereocenters. The molecule has 0 bridgehead atoms. The van der Waals surface area contributed by atoms with Gasteiger partial charge in [0.25, 0.3) is 5.91 Å². The number of halogens is 1. The summed E-state index contributed by atoms with van der Waals surface area (Å²) in [5.41, 5.74) is 3.59. The minimum Gasteiger partial charge on any atom is -0.378 e. The van der Waals surface area contributed by atoms with Crippen molar-refractivity contribution in [3.63, 3.8) is 0 Å². The first-order chi connectivity index (χ1) is 9.47. The van der Waals surface area contributed by atoms with Crippen LogP contribution in [0.15, 0.2) is 46.9 Å². The molecule has 0 atom stereocenters. The molecule has 0 aliphatic rings. The number of nitrogens with zero attached hydrogens (tertiary/aromatic N) is 1. The summed E-state index contributed by atoms with van der Waals surface area (Å²) in [5.74, 6) is -0.0989. The topological polar surface area (TPSA) is 32.3 Å². The maximum absolute atomic E-state index is 12.2. The quantitative estimate of drug-likeness (QED) is 0.918. The Kier molecular flexibility index (Phi) is 4.45. The number of hydrogen-bond acceptors (Lipinski definition) is 2. The molecule has 1 N–H and O–H groups in total. The third kappa shape index (κ3) is 3.39. The Balaban J connectivity index is 2.12. The fourth-order valence-corrected chi connectivity index (χ4v) is 2.08. The molecule has 0 aliphatic carbocycles. The van der Waals surface area contributed by atoms with E-state index < -0.39 is 0 Å². The highest BCUT2D eigenvalue weighted by atomic mass is 79.9. The molecule has 0 saturated carbocycles. The van der Waals surface area contributed by atoms with Crippen molar-refractivity contribution in [3.8, 4) is 0 Å². The van der Waals surface area contributed by atoms with Crippen LogP contribution in [0.3, 0.4) is 0 Å². The second-order valence-corrected chi connectivity index (χ2v) is 5.71. The van der Waals surface area contributed by atoms with E-state index in [1.165, 1.54) is 0 Å². The van der Waals surface area contributed by atoms with Crippen LogP contribution in [0.2, 0.25) is 0 Å². The molecule has 2 aromatic carbocycles. The van der Waals surface area contributed by atoms with E-state index in [-0.39, 0.29) is 5.91 Å². The summed E-state index contributed by atoms with van der Waals surface area (Å²) in [7, 11) is 3.97. The molecule has 1 amide bonds. The van der Waals surface area contributed by atoms with Gasteiger partial charge in [-0.05, 0) is 55.0 Å². The summed E-state index contributed by atoms with van der Waals surface area (Å²) in [6.45, 7) is 1.97. The molecule has 0 aliphatic heterocycles. The van der Waals surface area contributed by atoms with Gasteiger partial charge in [-0.25, -0.2) is 0 Å². The van der Waals surface area contributed by atoms with Crippen molar-refractivity contribution < 1.29 is 4.79 Å². The van der Waals surface area contributed by atoms with Crippen molar-refractivity contribution in [3.05, 3.63) is 58.1 Å². The molecule has 0 spiro atoms. The molecule has 2 rings (SSSR count). The summed E-state index contributed by atoms with van der Waals surface area (Å²) in [5, 5.41) is 2.90. The number of benzene rings is 2. The first-order valence-electron chi connectivity index (χ1n) is 6.32. The van der Waals surface area contributed by atoms with Gasteiger partial charge in [0.15, 0.2) is 0 Å². The molecule has 0 saturated heterocycles. The first-order valence-corrected chi connectivity index (χ1v) is 7.11. The van der Waals surface area contributed by atoms with Crippen LogP contribution in [0.1, 0.15) is 15.9 Å². The highest BCUT2D eigenvalue weighted by Gasteiger charge is 2.07. The van der Waals surface area contributed by atoms with E-state index in [0.717, 1.165) is 21.4 Å². The number of carbonyl (C=O) groups is 1. The molecular formula is C16H17BrN2O. The number of amides is 1. The zero-order valence-electron chi connectivity index (χ0n) is 11.8. The van der Waals surface area contributed by atoms with Gasteiger partial charge in [-0.1, -0.05) is 15.9 Å². The minimum atomic E-state index is -0.0989. The van der Waals surface area contributed by atoms with E-state index in [4.69, 9.17) is 0 Å². The predicted octanol–water partition coefficient (Wildman–Crippen LogP) is 4.08. The lowest BCUT2D eigenvalue weighted by atomic mass is 10.1. The summed E-state index contributed by atoms with van der Waals surface area (Å²) in [4.78, 5) is 14.2. The van der Waals surface area contributed by atoms with Gasteiger partial charge in [-0.2, -0.15) is 0 Å². The van der Waals surface area contributed by atoms with Gasteiger partial charge in [0.1, 0.15) is 0 Å². The summed E-state index contributed by atoms with van der Waals surface area (Å²) < 4.78 is 1.00. The van der Waals surface area contributed by atoms with Crippen LogP contribution in [0.5, 0.6) is 0 Å². The van der Waals surface area contributed by atoms with Gasteiger partial charge in [-0.3, -0.25) is 4.79 Å². The van der Waals surface area contributed by atoms with Crippen molar-refractivity contribution in [1.82, 2.24) is 0 Å². The zero-order valence-corrected chi connectivity index (χ0v) is 13.4. The molecule has 0 aromatic heterocycles. The molecule has 3 nitrogen and oxygen atoms in total. The van der Waals surface area contributed by atoms with Crippen molar-refractivity contribution in [2.24, 2.45) is 0 Å². The molecule has 104 valence electrons. The van der Waals surface area contributed by atoms with E-state index in [1.807, 2.05) is 62.3 Å². The van der Waals surface area contributed by atoms with Gasteiger partial charge < -0.3 is 10.2 Å².